The molecule has 10 rings (SSSR count). The number of fused-ring (bicyclic) bond motifs is 5. The Morgan fingerprint density at radius 3 is 1.97 bits per heavy atom. The molecule has 0 spiro atoms. The summed E-state index contributed by atoms with van der Waals surface area (Å²) in [5, 5.41) is 16.1. The van der Waals surface area contributed by atoms with Crippen LogP contribution < -0.4 is 36.1 Å². The van der Waals surface area contributed by atoms with Gasteiger partial charge in [-0.15, -0.1) is 0 Å². The molecule has 5 N–H and O–H groups in total. The Morgan fingerprint density at radius 2 is 1.28 bits per heavy atom. The normalized spacial score (nSPS) is 21.9. The molecule has 14 nitrogen and oxygen atoms in total. The number of hydrogen-bond acceptors (Lipinski definition) is 10. The third-order valence-electron chi connectivity index (χ3n) is 22.7. The van der Waals surface area contributed by atoms with Crippen LogP contribution in [-0.2, 0) is 47.2 Å². The molecule has 4 aliphatic rings. The zero-order valence-electron chi connectivity index (χ0n) is 59.8. The van der Waals surface area contributed by atoms with Gasteiger partial charge in [0.05, 0.1) is 18.8 Å². The van der Waals surface area contributed by atoms with E-state index in [0.717, 1.165) is 81.9 Å². The lowest BCUT2D eigenvalue weighted by Gasteiger charge is -2.58. The number of ether oxygens (including phenoxy) is 4. The summed E-state index contributed by atoms with van der Waals surface area (Å²) in [5.74, 6) is 4.62. The number of benzene rings is 6. The number of nitrogens with one attached hydrogen (secondary N) is 5. The molecule has 99 heavy (non-hydrogen) atoms. The lowest BCUT2D eigenvalue weighted by atomic mass is 9.47. The number of rotatable bonds is 34. The van der Waals surface area contributed by atoms with Gasteiger partial charge in [-0.3, -0.25) is 24.5 Å². The van der Waals surface area contributed by atoms with E-state index in [0.29, 0.717) is 74.2 Å². The van der Waals surface area contributed by atoms with Gasteiger partial charge < -0.3 is 40.2 Å². The summed E-state index contributed by atoms with van der Waals surface area (Å²) in [6.45, 7) is 16.0. The van der Waals surface area contributed by atoms with Crippen LogP contribution in [0, 0.1) is 53.3 Å². The van der Waals surface area contributed by atoms with E-state index in [1.54, 1.807) is 49.1 Å². The Hall–Kier alpha value is -8.07. The van der Waals surface area contributed by atoms with Crippen LogP contribution in [0.4, 0.5) is 10.5 Å². The first-order valence-electron chi connectivity index (χ1n) is 36.9. The van der Waals surface area contributed by atoms with Gasteiger partial charge in [0.25, 0.3) is 0 Å². The topological polar surface area (TPSA) is 182 Å². The summed E-state index contributed by atoms with van der Waals surface area (Å²) in [6.07, 6.45) is 18.5. The van der Waals surface area contributed by atoms with Crippen LogP contribution in [0.25, 0.3) is 0 Å². The summed E-state index contributed by atoms with van der Waals surface area (Å²) in [7, 11) is 1.66. The van der Waals surface area contributed by atoms with Crippen LogP contribution in [-0.4, -0.2) is 74.8 Å². The summed E-state index contributed by atoms with van der Waals surface area (Å²) in [6, 6.07) is 50.8. The average Bonchev–Trinajstić information content (AvgIpc) is 1.70. The van der Waals surface area contributed by atoms with Crippen molar-refractivity contribution in [3.05, 3.63) is 209 Å². The molecule has 0 saturated heterocycles. The number of carbonyl (C=O) groups is 5. The first kappa shape index (κ1) is 73.6. The van der Waals surface area contributed by atoms with E-state index in [1.165, 1.54) is 57.8 Å². The van der Waals surface area contributed by atoms with Gasteiger partial charge in [0.1, 0.15) is 24.1 Å². The standard InChI is InChI=1S/C85H109N5O9/c1-59(2)21-19-22-61(4)74-44-45-75-73-43-36-67-56-72(48-50-83(67,5)76(73)49-51-84(74,75)6)97-54-20-52-86-78(91)46-47-79(92)88-69(55-62-23-11-8-12-24-62)57-80(93)90-77(81(94)89-68-37-32-63(33-38-68)58-98-82(95)99-71-39-30-60(3)31-40-71)29-17-18-53-87-85(64-25-13-9-14-26-64,65-27-15-10-16-28-65)66-34-41-70(96-7)42-35-66/h8-16,23-28,30-42,59,61,69,72-77,87H,17-22,29,43-58H2,1-7H3,(H,86,91)(H,88,92)(H,89,94)(H,90,93)/t61-,69+,72+,73+,74-,75+,76+,77+,83+,84-/m1/s1. The number of unbranched alkanes of at least 4 members (excludes halogenated alkanes) is 1. The fraction of sp³-hybridized carbons (Fsp3) is 0.494. The molecule has 0 radical (unpaired) electrons. The van der Waals surface area contributed by atoms with Gasteiger partial charge in [-0.1, -0.05) is 198 Å². The predicted molar refractivity (Wildman–Crippen MR) is 393 cm³/mol. The molecule has 0 unspecified atom stereocenters. The van der Waals surface area contributed by atoms with Gasteiger partial charge in [0, 0.05) is 44.1 Å². The highest BCUT2D eigenvalue weighted by Crippen LogP contribution is 2.67. The molecule has 10 atom stereocenters. The molecule has 528 valence electrons. The van der Waals surface area contributed by atoms with Gasteiger partial charge in [0.15, 0.2) is 0 Å². The van der Waals surface area contributed by atoms with Crippen molar-refractivity contribution in [1.29, 1.82) is 0 Å². The minimum atomic E-state index is -0.957. The van der Waals surface area contributed by atoms with Crippen molar-refractivity contribution in [2.75, 3.05) is 32.1 Å². The first-order valence-corrected chi connectivity index (χ1v) is 36.9. The monoisotopic (exact) mass is 1340 g/mol. The van der Waals surface area contributed by atoms with Crippen molar-refractivity contribution >= 4 is 35.5 Å². The Kier molecular flexibility index (Phi) is 26.3. The number of hydrogen-bond donors (Lipinski definition) is 5. The average molecular weight is 1340 g/mol. The van der Waals surface area contributed by atoms with Gasteiger partial charge in [-0.05, 0) is 207 Å². The molecule has 3 fully saturated rings. The molecule has 4 aliphatic carbocycles. The molecular weight excluding hydrogens is 1230 g/mol. The fourth-order valence-electron chi connectivity index (χ4n) is 17.3. The van der Waals surface area contributed by atoms with Crippen LogP contribution in [0.3, 0.4) is 0 Å². The maximum atomic E-state index is 14.5. The highest BCUT2D eigenvalue weighted by Gasteiger charge is 2.59. The zero-order valence-corrected chi connectivity index (χ0v) is 59.8. The van der Waals surface area contributed by atoms with Crippen LogP contribution in [0.15, 0.2) is 175 Å². The molecule has 0 aromatic heterocycles. The van der Waals surface area contributed by atoms with Gasteiger partial charge >= 0.3 is 6.16 Å². The highest BCUT2D eigenvalue weighted by atomic mass is 16.7. The van der Waals surface area contributed by atoms with Crippen molar-refractivity contribution in [2.45, 2.75) is 194 Å². The Morgan fingerprint density at radius 1 is 0.616 bits per heavy atom. The van der Waals surface area contributed by atoms with Crippen molar-refractivity contribution in [3.63, 3.8) is 0 Å². The van der Waals surface area contributed by atoms with Crippen LogP contribution in [0.5, 0.6) is 11.5 Å². The SMILES string of the molecule is COc1ccc(C(NCCCC[C@H](NC(=O)C[C@H](Cc2ccccc2)NC(=O)CCC(=O)NCCCO[C@H]2CC[C@@]3(C)C(=CC[C@H]4[C@@H]5CC[C@H]([C@H](C)CCCC(C)C)[C@@]5(C)CC[C@@H]43)C2)C(=O)Nc2ccc(COC(=O)Oc3ccc(C)cc3)cc2)(c2ccccc2)c2ccccc2)cc1. The minimum absolute atomic E-state index is 0.00393. The van der Waals surface area contributed by atoms with E-state index in [2.05, 4.69) is 104 Å². The molecule has 0 bridgehead atoms. The number of methoxy groups -OCH3 is 1. The first-order chi connectivity index (χ1) is 47.9. The fourth-order valence-corrected chi connectivity index (χ4v) is 17.3. The quantitative estimate of drug-likeness (QED) is 0.00857. The van der Waals surface area contributed by atoms with Crippen molar-refractivity contribution in [3.8, 4) is 11.5 Å². The second-order valence-corrected chi connectivity index (χ2v) is 29.8. The summed E-state index contributed by atoms with van der Waals surface area (Å²) in [4.78, 5) is 68.4. The van der Waals surface area contributed by atoms with Crippen molar-refractivity contribution in [2.24, 2.45) is 46.3 Å². The minimum Gasteiger partial charge on any atom is -0.497 e. The third kappa shape index (κ3) is 19.5. The Labute approximate surface area is 589 Å². The second-order valence-electron chi connectivity index (χ2n) is 29.8. The van der Waals surface area contributed by atoms with Crippen LogP contribution >= 0.6 is 0 Å². The Balaban J connectivity index is 0.719. The molecule has 0 aliphatic heterocycles. The predicted octanol–water partition coefficient (Wildman–Crippen LogP) is 16.7. The van der Waals surface area contributed by atoms with Gasteiger partial charge in [-0.25, -0.2) is 4.79 Å². The third-order valence-corrected chi connectivity index (χ3v) is 22.7. The lowest BCUT2D eigenvalue weighted by molar-refractivity contribution is -0.128. The lowest BCUT2D eigenvalue weighted by Crippen LogP contribution is -2.51. The number of amides is 4. The molecule has 6 aromatic carbocycles. The summed E-state index contributed by atoms with van der Waals surface area (Å²) < 4.78 is 22.8. The maximum absolute atomic E-state index is 14.5. The largest absolute Gasteiger partial charge is 0.514 e. The van der Waals surface area contributed by atoms with Gasteiger partial charge in [-0.2, -0.15) is 0 Å². The van der Waals surface area contributed by atoms with Crippen molar-refractivity contribution in [1.82, 2.24) is 21.3 Å². The second kappa shape index (κ2) is 35.3. The van der Waals surface area contributed by atoms with E-state index in [1.807, 2.05) is 97.9 Å². The smallest absolute Gasteiger partial charge is 0.497 e. The van der Waals surface area contributed by atoms with E-state index < -0.39 is 35.6 Å². The van der Waals surface area contributed by atoms with Crippen molar-refractivity contribution < 1.29 is 42.9 Å². The van der Waals surface area contributed by atoms with E-state index in [9.17, 15) is 24.0 Å². The number of allylic oxidation sites excluding steroid dienone is 1. The van der Waals surface area contributed by atoms with Gasteiger partial charge in [0.2, 0.25) is 23.6 Å². The van der Waals surface area contributed by atoms with E-state index in [-0.39, 0.29) is 49.2 Å². The summed E-state index contributed by atoms with van der Waals surface area (Å²) >= 11 is 0. The summed E-state index contributed by atoms with van der Waals surface area (Å²) in [5.41, 5.74) is 7.88. The Bertz CT molecular complexity index is 3550. The van der Waals surface area contributed by atoms with E-state index in [4.69, 9.17) is 18.9 Å². The van der Waals surface area contributed by atoms with Crippen LogP contribution in [0.2, 0.25) is 0 Å². The highest BCUT2D eigenvalue weighted by molar-refractivity contribution is 5.97. The number of aryl methyl sites for hydroxylation is 1. The molecule has 3 saturated carbocycles. The molecule has 6 aromatic rings. The molecule has 0 heterocycles. The zero-order chi connectivity index (χ0) is 69.8. The van der Waals surface area contributed by atoms with Crippen LogP contribution in [0.1, 0.15) is 184 Å². The number of carbonyl (C=O) groups excluding carboxylic acids is 5. The molecule has 14 heteroatoms. The number of anilines is 1. The molecule has 4 amide bonds. The molecular formula is C85H109N5O9. The maximum Gasteiger partial charge on any atom is 0.514 e. The van der Waals surface area contributed by atoms with E-state index >= 15 is 0 Å².